The highest BCUT2D eigenvalue weighted by Gasteiger charge is 2.13. The van der Waals surface area contributed by atoms with Crippen LogP contribution in [-0.2, 0) is 19.1 Å². The summed E-state index contributed by atoms with van der Waals surface area (Å²) in [7, 11) is 1.58. The standard InChI is InChI=1S/C19H27NO6/c1-3-26-19(23)9-10-20(11-13-25-14-12-21)18(22)8-7-16-5-4-6-17(15-16)24-2/h4-8,15,21H,3,9-14H2,1-2H3/b8-7+. The van der Waals surface area contributed by atoms with Crippen molar-refractivity contribution < 1.29 is 28.9 Å². The van der Waals surface area contributed by atoms with Crippen LogP contribution in [0.25, 0.3) is 6.08 Å². The molecule has 1 amide bonds. The number of esters is 1. The van der Waals surface area contributed by atoms with Gasteiger partial charge in [0.15, 0.2) is 0 Å². The molecule has 0 bridgehead atoms. The second kappa shape index (κ2) is 12.9. The Morgan fingerprint density at radius 1 is 1.23 bits per heavy atom. The number of ether oxygens (including phenoxy) is 3. The first kappa shape index (κ1) is 21.7. The molecule has 1 N–H and O–H groups in total. The largest absolute Gasteiger partial charge is 0.497 e. The summed E-state index contributed by atoms with van der Waals surface area (Å²) >= 11 is 0. The van der Waals surface area contributed by atoms with Crippen LogP contribution in [0.3, 0.4) is 0 Å². The molecule has 26 heavy (non-hydrogen) atoms. The maximum atomic E-state index is 12.5. The van der Waals surface area contributed by atoms with Crippen LogP contribution in [0.2, 0.25) is 0 Å². The highest BCUT2D eigenvalue weighted by Crippen LogP contribution is 2.13. The van der Waals surface area contributed by atoms with Crippen LogP contribution >= 0.6 is 0 Å². The predicted molar refractivity (Wildman–Crippen MR) is 97.8 cm³/mol. The Labute approximate surface area is 154 Å². The van der Waals surface area contributed by atoms with Crippen molar-refractivity contribution >= 4 is 18.0 Å². The van der Waals surface area contributed by atoms with Crippen molar-refractivity contribution in [3.05, 3.63) is 35.9 Å². The minimum absolute atomic E-state index is 0.0769. The van der Waals surface area contributed by atoms with Gasteiger partial charge in [0.05, 0.1) is 40.0 Å². The molecule has 1 rings (SSSR count). The summed E-state index contributed by atoms with van der Waals surface area (Å²) in [6, 6.07) is 7.34. The number of amides is 1. The Morgan fingerprint density at radius 2 is 2.04 bits per heavy atom. The lowest BCUT2D eigenvalue weighted by molar-refractivity contribution is -0.143. The molecule has 7 heteroatoms. The number of rotatable bonds is 12. The molecule has 0 aliphatic carbocycles. The van der Waals surface area contributed by atoms with Crippen molar-refractivity contribution in [3.63, 3.8) is 0 Å². The summed E-state index contributed by atoms with van der Waals surface area (Å²) in [6.45, 7) is 3.01. The zero-order valence-electron chi connectivity index (χ0n) is 15.3. The van der Waals surface area contributed by atoms with Crippen LogP contribution in [0.1, 0.15) is 18.9 Å². The van der Waals surface area contributed by atoms with E-state index in [-0.39, 0.29) is 44.7 Å². The summed E-state index contributed by atoms with van der Waals surface area (Å²) in [5, 5.41) is 8.74. The molecule has 0 radical (unpaired) electrons. The van der Waals surface area contributed by atoms with E-state index >= 15 is 0 Å². The van der Waals surface area contributed by atoms with Crippen LogP contribution in [0, 0.1) is 0 Å². The minimum Gasteiger partial charge on any atom is -0.497 e. The fourth-order valence-electron chi connectivity index (χ4n) is 2.15. The molecule has 0 spiro atoms. The highest BCUT2D eigenvalue weighted by molar-refractivity contribution is 5.92. The Balaban J connectivity index is 2.67. The van der Waals surface area contributed by atoms with E-state index in [1.807, 2.05) is 24.3 Å². The van der Waals surface area contributed by atoms with Gasteiger partial charge in [-0.3, -0.25) is 9.59 Å². The lowest BCUT2D eigenvalue weighted by Gasteiger charge is -2.20. The van der Waals surface area contributed by atoms with Gasteiger partial charge >= 0.3 is 5.97 Å². The summed E-state index contributed by atoms with van der Waals surface area (Å²) in [5.74, 6) is 0.124. The van der Waals surface area contributed by atoms with Gasteiger partial charge < -0.3 is 24.2 Å². The number of hydrogen-bond acceptors (Lipinski definition) is 6. The number of hydrogen-bond donors (Lipinski definition) is 1. The quantitative estimate of drug-likeness (QED) is 0.343. The first-order valence-electron chi connectivity index (χ1n) is 8.56. The second-order valence-electron chi connectivity index (χ2n) is 5.33. The van der Waals surface area contributed by atoms with Gasteiger partial charge in [-0.2, -0.15) is 0 Å². The van der Waals surface area contributed by atoms with Crippen molar-refractivity contribution in [3.8, 4) is 5.75 Å². The van der Waals surface area contributed by atoms with Gasteiger partial charge in [0, 0.05) is 19.2 Å². The normalized spacial score (nSPS) is 10.7. The molecule has 0 atom stereocenters. The molecule has 0 aliphatic heterocycles. The van der Waals surface area contributed by atoms with Gasteiger partial charge in [0.1, 0.15) is 5.75 Å². The van der Waals surface area contributed by atoms with E-state index in [9.17, 15) is 9.59 Å². The van der Waals surface area contributed by atoms with E-state index in [1.54, 1.807) is 20.1 Å². The van der Waals surface area contributed by atoms with Gasteiger partial charge in [0.25, 0.3) is 0 Å². The van der Waals surface area contributed by atoms with Crippen LogP contribution in [-0.4, -0.2) is 68.5 Å². The maximum Gasteiger partial charge on any atom is 0.307 e. The topological polar surface area (TPSA) is 85.3 Å². The molecule has 1 aromatic carbocycles. The fraction of sp³-hybridized carbons (Fsp3) is 0.474. The lowest BCUT2D eigenvalue weighted by atomic mass is 10.2. The molecule has 0 saturated heterocycles. The molecule has 1 aromatic rings. The van der Waals surface area contributed by atoms with E-state index in [4.69, 9.17) is 19.3 Å². The molecule has 0 aromatic heterocycles. The van der Waals surface area contributed by atoms with Crippen LogP contribution in [0.15, 0.2) is 30.3 Å². The molecule has 0 heterocycles. The molecule has 0 saturated carbocycles. The Hall–Kier alpha value is -2.38. The van der Waals surface area contributed by atoms with E-state index in [1.165, 1.54) is 11.0 Å². The van der Waals surface area contributed by atoms with Crippen LogP contribution < -0.4 is 4.74 Å². The van der Waals surface area contributed by atoms with Gasteiger partial charge in [-0.1, -0.05) is 12.1 Å². The zero-order chi connectivity index (χ0) is 19.2. The van der Waals surface area contributed by atoms with Crippen LogP contribution in [0.4, 0.5) is 0 Å². The predicted octanol–water partition coefficient (Wildman–Crippen LogP) is 1.50. The monoisotopic (exact) mass is 365 g/mol. The molecule has 0 fully saturated rings. The third-order valence-electron chi connectivity index (χ3n) is 3.46. The summed E-state index contributed by atoms with van der Waals surface area (Å²) < 4.78 is 15.3. The third-order valence-corrected chi connectivity index (χ3v) is 3.46. The van der Waals surface area contributed by atoms with E-state index in [2.05, 4.69) is 0 Å². The van der Waals surface area contributed by atoms with Gasteiger partial charge in [-0.05, 0) is 30.7 Å². The number of aliphatic hydroxyl groups is 1. The van der Waals surface area contributed by atoms with Gasteiger partial charge in [-0.25, -0.2) is 0 Å². The number of aliphatic hydroxyl groups excluding tert-OH is 1. The minimum atomic E-state index is -0.349. The van der Waals surface area contributed by atoms with E-state index in [0.717, 1.165) is 5.56 Å². The van der Waals surface area contributed by atoms with E-state index in [0.29, 0.717) is 18.9 Å². The summed E-state index contributed by atoms with van der Waals surface area (Å²) in [5.41, 5.74) is 0.833. The smallest absolute Gasteiger partial charge is 0.307 e. The number of methoxy groups -OCH3 is 1. The maximum absolute atomic E-state index is 12.5. The average Bonchev–Trinajstić information content (AvgIpc) is 2.66. The van der Waals surface area contributed by atoms with E-state index < -0.39 is 0 Å². The third kappa shape index (κ3) is 8.64. The summed E-state index contributed by atoms with van der Waals surface area (Å²) in [4.78, 5) is 25.5. The number of carbonyl (C=O) groups is 2. The first-order chi connectivity index (χ1) is 12.6. The average molecular weight is 365 g/mol. The number of carbonyl (C=O) groups excluding carboxylic acids is 2. The molecule has 0 unspecified atom stereocenters. The lowest BCUT2D eigenvalue weighted by Crippen LogP contribution is -2.35. The molecular weight excluding hydrogens is 338 g/mol. The summed E-state index contributed by atoms with van der Waals surface area (Å²) in [6.07, 6.45) is 3.26. The number of benzene rings is 1. The van der Waals surface area contributed by atoms with Crippen molar-refractivity contribution in [2.75, 3.05) is 46.6 Å². The fourth-order valence-corrected chi connectivity index (χ4v) is 2.15. The highest BCUT2D eigenvalue weighted by atomic mass is 16.5. The zero-order valence-corrected chi connectivity index (χ0v) is 15.3. The molecule has 0 aliphatic rings. The van der Waals surface area contributed by atoms with Gasteiger partial charge in [-0.15, -0.1) is 0 Å². The second-order valence-corrected chi connectivity index (χ2v) is 5.33. The van der Waals surface area contributed by atoms with Crippen molar-refractivity contribution in [1.29, 1.82) is 0 Å². The molecular formula is C19H27NO6. The Kier molecular flexibility index (Phi) is 10.8. The van der Waals surface area contributed by atoms with Crippen molar-refractivity contribution in [2.45, 2.75) is 13.3 Å². The molecule has 7 nitrogen and oxygen atoms in total. The Morgan fingerprint density at radius 3 is 2.73 bits per heavy atom. The van der Waals surface area contributed by atoms with Crippen molar-refractivity contribution in [1.82, 2.24) is 4.90 Å². The first-order valence-corrected chi connectivity index (χ1v) is 8.56. The Bertz CT molecular complexity index is 587. The molecule has 144 valence electrons. The van der Waals surface area contributed by atoms with Crippen molar-refractivity contribution in [2.24, 2.45) is 0 Å². The number of nitrogens with zero attached hydrogens (tertiary/aromatic N) is 1. The van der Waals surface area contributed by atoms with Crippen LogP contribution in [0.5, 0.6) is 5.75 Å². The van der Waals surface area contributed by atoms with Gasteiger partial charge in [0.2, 0.25) is 5.91 Å². The SMILES string of the molecule is CCOC(=O)CCN(CCOCCO)C(=O)/C=C/c1cccc(OC)c1.